The van der Waals surface area contributed by atoms with Crippen molar-refractivity contribution >= 4 is 0 Å². The van der Waals surface area contributed by atoms with Gasteiger partial charge in [0.25, 0.3) is 0 Å². The van der Waals surface area contributed by atoms with Crippen LogP contribution in [0.15, 0.2) is 10.2 Å². The van der Waals surface area contributed by atoms with Gasteiger partial charge in [0.15, 0.2) is 5.72 Å². The van der Waals surface area contributed by atoms with Gasteiger partial charge in [-0.15, -0.1) is 0 Å². The summed E-state index contributed by atoms with van der Waals surface area (Å²) >= 11 is 0. The number of methoxy groups -OCH3 is 1. The molecule has 0 aromatic carbocycles. The fourth-order valence-electron chi connectivity index (χ4n) is 1.83. The van der Waals surface area contributed by atoms with Gasteiger partial charge in [0.1, 0.15) is 0 Å². The molecule has 0 radical (unpaired) electrons. The molecule has 0 aliphatic rings. The molecule has 1 unspecified atom stereocenters. The van der Waals surface area contributed by atoms with Crippen LogP contribution in [0.4, 0.5) is 0 Å². The van der Waals surface area contributed by atoms with Crippen molar-refractivity contribution in [2.45, 2.75) is 72.6 Å². The van der Waals surface area contributed by atoms with E-state index in [2.05, 4.69) is 51.8 Å². The molecule has 0 N–H and O–H groups in total. The molecule has 0 saturated carbocycles. The second kappa shape index (κ2) is 5.26. The van der Waals surface area contributed by atoms with Gasteiger partial charge >= 0.3 is 0 Å². The van der Waals surface area contributed by atoms with Gasteiger partial charge in [0.2, 0.25) is 0 Å². The van der Waals surface area contributed by atoms with E-state index in [-0.39, 0.29) is 11.0 Å². The summed E-state index contributed by atoms with van der Waals surface area (Å²) < 4.78 is 5.35. The van der Waals surface area contributed by atoms with Crippen molar-refractivity contribution in [3.8, 4) is 0 Å². The van der Waals surface area contributed by atoms with Crippen LogP contribution < -0.4 is 0 Å². The van der Waals surface area contributed by atoms with Crippen molar-refractivity contribution in [1.82, 2.24) is 0 Å². The van der Waals surface area contributed by atoms with Crippen molar-refractivity contribution in [2.75, 3.05) is 7.11 Å². The van der Waals surface area contributed by atoms with Crippen molar-refractivity contribution in [2.24, 2.45) is 15.6 Å². The first kappa shape index (κ1) is 15.6. The lowest BCUT2D eigenvalue weighted by Gasteiger charge is -2.29. The topological polar surface area (TPSA) is 34.0 Å². The summed E-state index contributed by atoms with van der Waals surface area (Å²) in [6.45, 7) is 14.9. The third-order valence-electron chi connectivity index (χ3n) is 2.59. The molecule has 96 valence electrons. The lowest BCUT2D eigenvalue weighted by atomic mass is 9.82. The van der Waals surface area contributed by atoms with Crippen LogP contribution in [0, 0.1) is 5.41 Å². The van der Waals surface area contributed by atoms with E-state index in [1.54, 1.807) is 7.11 Å². The normalized spacial score (nSPS) is 17.8. The molecule has 0 aliphatic heterocycles. The van der Waals surface area contributed by atoms with Crippen LogP contribution in [0.1, 0.15) is 61.3 Å². The zero-order valence-electron chi connectivity index (χ0n) is 12.2. The molecule has 3 nitrogen and oxygen atoms in total. The highest BCUT2D eigenvalue weighted by Gasteiger charge is 2.27. The molecule has 1 atom stereocenters. The standard InChI is InChI=1S/C13H28N2O/c1-9-13(7,16-8)15-14-12(5,6)10-11(2,3)4/h9-10H2,1-8H3. The molecule has 0 bridgehead atoms. The predicted molar refractivity (Wildman–Crippen MR) is 68.7 cm³/mol. The SMILES string of the molecule is CCC(C)(N=NC(C)(C)CC(C)(C)C)OC. The van der Waals surface area contributed by atoms with Crippen molar-refractivity contribution < 1.29 is 4.74 Å². The first-order valence-corrected chi connectivity index (χ1v) is 6.03. The Bertz CT molecular complexity index is 235. The minimum Gasteiger partial charge on any atom is -0.356 e. The van der Waals surface area contributed by atoms with Gasteiger partial charge in [-0.05, 0) is 39.0 Å². The molecular formula is C13H28N2O. The van der Waals surface area contributed by atoms with E-state index in [1.807, 2.05) is 6.92 Å². The number of nitrogens with zero attached hydrogens (tertiary/aromatic N) is 2. The molecule has 0 amide bonds. The van der Waals surface area contributed by atoms with E-state index in [4.69, 9.17) is 4.74 Å². The monoisotopic (exact) mass is 228 g/mol. The van der Waals surface area contributed by atoms with E-state index < -0.39 is 5.72 Å². The summed E-state index contributed by atoms with van der Waals surface area (Å²) in [5.41, 5.74) is -0.347. The number of hydrogen-bond acceptors (Lipinski definition) is 3. The predicted octanol–water partition coefficient (Wildman–Crippen LogP) is 4.43. The van der Waals surface area contributed by atoms with Crippen molar-refractivity contribution in [1.29, 1.82) is 0 Å². The Balaban J connectivity index is 4.63. The zero-order valence-corrected chi connectivity index (χ0v) is 12.2. The Morgan fingerprint density at radius 3 is 1.75 bits per heavy atom. The van der Waals surface area contributed by atoms with Gasteiger partial charge < -0.3 is 4.74 Å². The Labute approximate surface area is 101 Å². The average molecular weight is 228 g/mol. The molecule has 0 aliphatic carbocycles. The highest BCUT2D eigenvalue weighted by Crippen LogP contribution is 2.30. The van der Waals surface area contributed by atoms with Crippen LogP contribution in [0.3, 0.4) is 0 Å². The van der Waals surface area contributed by atoms with Gasteiger partial charge in [-0.3, -0.25) is 0 Å². The molecule has 0 heterocycles. The quantitative estimate of drug-likeness (QED) is 0.641. The smallest absolute Gasteiger partial charge is 0.175 e. The maximum Gasteiger partial charge on any atom is 0.175 e. The Morgan fingerprint density at radius 2 is 1.44 bits per heavy atom. The molecule has 0 spiro atoms. The summed E-state index contributed by atoms with van der Waals surface area (Å²) in [5.74, 6) is 0. The first-order valence-electron chi connectivity index (χ1n) is 6.03. The second-order valence-electron chi connectivity index (χ2n) is 6.48. The highest BCUT2D eigenvalue weighted by atomic mass is 16.5. The van der Waals surface area contributed by atoms with Crippen molar-refractivity contribution in [3.63, 3.8) is 0 Å². The molecule has 0 saturated heterocycles. The summed E-state index contributed by atoms with van der Waals surface area (Å²) in [4.78, 5) is 0. The zero-order chi connectivity index (χ0) is 13.0. The highest BCUT2D eigenvalue weighted by molar-refractivity contribution is 4.83. The van der Waals surface area contributed by atoms with E-state index in [0.29, 0.717) is 0 Å². The maximum absolute atomic E-state index is 5.35. The Hall–Kier alpha value is -0.440. The van der Waals surface area contributed by atoms with Crippen molar-refractivity contribution in [3.05, 3.63) is 0 Å². The number of ether oxygens (including phenoxy) is 1. The van der Waals surface area contributed by atoms with E-state index >= 15 is 0 Å². The van der Waals surface area contributed by atoms with Crippen LogP contribution in [-0.2, 0) is 4.74 Å². The fraction of sp³-hybridized carbons (Fsp3) is 1.00. The number of azo groups is 1. The summed E-state index contributed by atoms with van der Waals surface area (Å²) in [5, 5.41) is 8.81. The summed E-state index contributed by atoms with van der Waals surface area (Å²) in [7, 11) is 1.68. The molecule has 0 aromatic rings. The minimum absolute atomic E-state index is 0.132. The van der Waals surface area contributed by atoms with E-state index in [0.717, 1.165) is 12.8 Å². The summed E-state index contributed by atoms with van der Waals surface area (Å²) in [6.07, 6.45) is 1.84. The molecule has 0 fully saturated rings. The summed E-state index contributed by atoms with van der Waals surface area (Å²) in [6, 6.07) is 0. The fourth-order valence-corrected chi connectivity index (χ4v) is 1.83. The second-order valence-corrected chi connectivity index (χ2v) is 6.48. The lowest BCUT2D eigenvalue weighted by molar-refractivity contribution is 0.00136. The van der Waals surface area contributed by atoms with Crippen LogP contribution in [0.5, 0.6) is 0 Å². The van der Waals surface area contributed by atoms with Crippen LogP contribution >= 0.6 is 0 Å². The number of hydrogen-bond donors (Lipinski definition) is 0. The van der Waals surface area contributed by atoms with Gasteiger partial charge in [0, 0.05) is 7.11 Å². The molecule has 3 heteroatoms. The number of rotatable bonds is 5. The first-order chi connectivity index (χ1) is 7.04. The molecular weight excluding hydrogens is 200 g/mol. The van der Waals surface area contributed by atoms with Gasteiger partial charge in [0.05, 0.1) is 5.54 Å². The maximum atomic E-state index is 5.35. The van der Waals surface area contributed by atoms with Crippen LogP contribution in [0.25, 0.3) is 0 Å². The van der Waals surface area contributed by atoms with Crippen LogP contribution in [-0.4, -0.2) is 18.4 Å². The molecule has 0 rings (SSSR count). The third kappa shape index (κ3) is 6.21. The molecule has 0 aromatic heterocycles. The molecule has 16 heavy (non-hydrogen) atoms. The van der Waals surface area contributed by atoms with Gasteiger partial charge in [-0.2, -0.15) is 10.2 Å². The van der Waals surface area contributed by atoms with E-state index in [9.17, 15) is 0 Å². The lowest BCUT2D eigenvalue weighted by Crippen LogP contribution is -2.28. The van der Waals surface area contributed by atoms with Crippen LogP contribution in [0.2, 0.25) is 0 Å². The Morgan fingerprint density at radius 1 is 0.938 bits per heavy atom. The average Bonchev–Trinajstić information content (AvgIpc) is 2.11. The van der Waals surface area contributed by atoms with Gasteiger partial charge in [-0.25, -0.2) is 0 Å². The largest absolute Gasteiger partial charge is 0.356 e. The van der Waals surface area contributed by atoms with E-state index in [1.165, 1.54) is 0 Å². The Kier molecular flexibility index (Phi) is 5.12. The minimum atomic E-state index is -0.477. The third-order valence-corrected chi connectivity index (χ3v) is 2.59. The van der Waals surface area contributed by atoms with Gasteiger partial charge in [-0.1, -0.05) is 27.7 Å².